The number of hydrogen-bond acceptors (Lipinski definition) is 7. The predicted octanol–water partition coefficient (Wildman–Crippen LogP) is -2.03. The number of aromatic carboxylic acids is 1. The number of pyridine rings is 2. The van der Waals surface area contributed by atoms with E-state index in [-0.39, 0.29) is 68.4 Å². The second-order valence-corrected chi connectivity index (χ2v) is 5.14. The van der Waals surface area contributed by atoms with Gasteiger partial charge in [0.15, 0.2) is 5.43 Å². The number of furan rings is 1. The van der Waals surface area contributed by atoms with E-state index in [1.165, 1.54) is 34.9 Å². The first kappa shape index (κ1) is 20.2. The molecule has 0 aliphatic rings. The van der Waals surface area contributed by atoms with Gasteiger partial charge >= 0.3 is 57.3 Å². The molecule has 0 saturated heterocycles. The maximum Gasteiger partial charge on any atom is 1.00 e. The van der Waals surface area contributed by atoms with Crippen molar-refractivity contribution in [2.24, 2.45) is 7.05 Å². The second kappa shape index (κ2) is 8.06. The summed E-state index contributed by atoms with van der Waals surface area (Å²) in [6.07, 6.45) is 4.20. The number of nitro groups is 1. The Morgan fingerprint density at radius 1 is 1.27 bits per heavy atom. The molecule has 0 N–H and O–H groups in total. The van der Waals surface area contributed by atoms with E-state index in [0.717, 1.165) is 6.20 Å². The monoisotopic (exact) mass is 379 g/mol. The van der Waals surface area contributed by atoms with Crippen molar-refractivity contribution in [1.29, 1.82) is 0 Å². The van der Waals surface area contributed by atoms with Gasteiger partial charge in [0.05, 0.1) is 28.7 Å². The molecule has 0 aliphatic heterocycles. The summed E-state index contributed by atoms with van der Waals surface area (Å²) >= 11 is 0. The van der Waals surface area contributed by atoms with Crippen LogP contribution in [0.25, 0.3) is 23.2 Å². The van der Waals surface area contributed by atoms with Gasteiger partial charge in [0.25, 0.3) is 0 Å². The Kier molecular flexibility index (Phi) is 6.26. The van der Waals surface area contributed by atoms with Gasteiger partial charge in [-0.1, -0.05) is 0 Å². The van der Waals surface area contributed by atoms with Crippen molar-refractivity contribution in [2.75, 3.05) is 0 Å². The number of carbonyl (C=O) groups excluding carboxylic acids is 1. The molecule has 0 radical (unpaired) electrons. The maximum atomic E-state index is 12.1. The number of carboxylic acids is 1. The molecule has 0 saturated carbocycles. The minimum absolute atomic E-state index is 0. The molecule has 3 heterocycles. The van der Waals surface area contributed by atoms with E-state index >= 15 is 0 Å². The van der Waals surface area contributed by atoms with Crippen LogP contribution in [0.1, 0.15) is 21.8 Å². The first-order chi connectivity index (χ1) is 11.9. The van der Waals surface area contributed by atoms with Crippen molar-refractivity contribution < 1.29 is 70.6 Å². The average molecular weight is 379 g/mol. The van der Waals surface area contributed by atoms with E-state index in [1.807, 2.05) is 0 Å². The fourth-order valence-corrected chi connectivity index (χ4v) is 2.30. The smallest absolute Gasteiger partial charge is 0.545 e. The van der Waals surface area contributed by atoms with Crippen molar-refractivity contribution >= 4 is 35.0 Å². The van der Waals surface area contributed by atoms with Crippen LogP contribution in [0, 0.1) is 10.1 Å². The third-order valence-corrected chi connectivity index (χ3v) is 3.47. The molecule has 10 heteroatoms. The quantitative estimate of drug-likeness (QED) is 0.290. The first-order valence-electron chi connectivity index (χ1n) is 7.01. The summed E-state index contributed by atoms with van der Waals surface area (Å²) in [5, 5.41) is 21.7. The fraction of sp³-hybridized carbons (Fsp3) is 0.0625. The van der Waals surface area contributed by atoms with Crippen molar-refractivity contribution in [3.8, 4) is 0 Å². The summed E-state index contributed by atoms with van der Waals surface area (Å²) in [6.45, 7) is 0. The van der Waals surface area contributed by atoms with Gasteiger partial charge in [0.2, 0.25) is 0 Å². The molecule has 0 atom stereocenters. The summed E-state index contributed by atoms with van der Waals surface area (Å²) in [5.41, 5.74) is -0.355. The molecule has 3 rings (SSSR count). The zero-order valence-electron chi connectivity index (χ0n) is 13.8. The van der Waals surface area contributed by atoms with Crippen LogP contribution in [0.4, 0.5) is 5.88 Å². The Bertz CT molecular complexity index is 1100. The molecular weight excluding hydrogens is 369 g/mol. The van der Waals surface area contributed by atoms with Crippen LogP contribution >= 0.6 is 0 Å². The van der Waals surface area contributed by atoms with Gasteiger partial charge in [-0.15, -0.1) is 0 Å². The van der Waals surface area contributed by atoms with Gasteiger partial charge < -0.3 is 18.9 Å². The van der Waals surface area contributed by atoms with E-state index in [1.54, 1.807) is 13.1 Å². The van der Waals surface area contributed by atoms with Crippen LogP contribution < -0.4 is 61.9 Å². The van der Waals surface area contributed by atoms with Crippen molar-refractivity contribution in [3.63, 3.8) is 0 Å². The molecule has 0 fully saturated rings. The molecule has 0 amide bonds. The molecule has 3 aromatic rings. The fourth-order valence-electron chi connectivity index (χ4n) is 2.30. The van der Waals surface area contributed by atoms with Crippen LogP contribution in [0.15, 0.2) is 39.7 Å². The third-order valence-electron chi connectivity index (χ3n) is 3.47. The Labute approximate surface area is 188 Å². The summed E-state index contributed by atoms with van der Waals surface area (Å²) in [6, 6.07) is 5.66. The molecule has 0 unspecified atom stereocenters. The van der Waals surface area contributed by atoms with Crippen molar-refractivity contribution in [2.45, 2.75) is 0 Å². The summed E-state index contributed by atoms with van der Waals surface area (Å²) in [5.74, 6) is -1.65. The number of carboxylic acid groups (broad SMARTS) is 1. The van der Waals surface area contributed by atoms with E-state index in [4.69, 9.17) is 4.42 Å². The zero-order chi connectivity index (χ0) is 18.1. The van der Waals surface area contributed by atoms with Gasteiger partial charge in [-0.05, 0) is 30.4 Å². The Balaban J connectivity index is 0.00000243. The standard InChI is InChI=1S/C16H11N3O6.K/c1-18-8-12(16(21)22)14(20)11-6-3-9(17-15(11)18)2-4-10-5-7-13(25-10)19(23)24;/h2-8H,1H3,(H,21,22);/q;+1/p-1. The van der Waals surface area contributed by atoms with Crippen LogP contribution in [0.5, 0.6) is 0 Å². The Morgan fingerprint density at radius 2 is 2.00 bits per heavy atom. The Hall–Kier alpha value is -2.11. The van der Waals surface area contributed by atoms with E-state index in [0.29, 0.717) is 11.3 Å². The van der Waals surface area contributed by atoms with E-state index < -0.39 is 21.9 Å². The number of aryl methyl sites for hydroxylation is 1. The summed E-state index contributed by atoms with van der Waals surface area (Å²) in [7, 11) is 1.56. The molecule has 0 aromatic carbocycles. The average Bonchev–Trinajstić information content (AvgIpc) is 3.05. The molecule has 0 aliphatic carbocycles. The second-order valence-electron chi connectivity index (χ2n) is 5.14. The van der Waals surface area contributed by atoms with Gasteiger partial charge in [-0.3, -0.25) is 14.9 Å². The zero-order valence-corrected chi connectivity index (χ0v) is 17.0. The molecule has 0 spiro atoms. The molecule has 9 nitrogen and oxygen atoms in total. The SMILES string of the molecule is Cn1cc(C(=O)[O-])c(=O)c2ccc(C=Cc3ccc([N+](=O)[O-])o3)nc21.[K+]. The first-order valence-corrected chi connectivity index (χ1v) is 7.01. The molecule has 26 heavy (non-hydrogen) atoms. The van der Waals surface area contributed by atoms with Gasteiger partial charge in [0, 0.05) is 13.2 Å². The van der Waals surface area contributed by atoms with Gasteiger partial charge in [-0.2, -0.15) is 0 Å². The van der Waals surface area contributed by atoms with Crippen LogP contribution in [0.3, 0.4) is 0 Å². The van der Waals surface area contributed by atoms with Crippen LogP contribution in [0.2, 0.25) is 0 Å². The van der Waals surface area contributed by atoms with Gasteiger partial charge in [0.1, 0.15) is 16.3 Å². The number of fused-ring (bicyclic) bond motifs is 1. The molecule has 126 valence electrons. The minimum Gasteiger partial charge on any atom is -0.545 e. The number of nitrogens with zero attached hydrogens (tertiary/aromatic N) is 3. The van der Waals surface area contributed by atoms with E-state index in [9.17, 15) is 24.8 Å². The van der Waals surface area contributed by atoms with Crippen LogP contribution in [-0.4, -0.2) is 20.4 Å². The largest absolute Gasteiger partial charge is 1.00 e. The summed E-state index contributed by atoms with van der Waals surface area (Å²) in [4.78, 5) is 37.3. The minimum atomic E-state index is -1.55. The molecular formula is C16H10KN3O6. The van der Waals surface area contributed by atoms with Crippen molar-refractivity contribution in [1.82, 2.24) is 9.55 Å². The normalized spacial score (nSPS) is 10.8. The number of hydrogen-bond donors (Lipinski definition) is 0. The number of carbonyl (C=O) groups is 1. The molecule has 0 bridgehead atoms. The topological polar surface area (TPSA) is 131 Å². The Morgan fingerprint density at radius 3 is 2.62 bits per heavy atom. The van der Waals surface area contributed by atoms with Gasteiger partial charge in [-0.25, -0.2) is 4.98 Å². The third kappa shape index (κ3) is 4.00. The number of aromatic nitrogens is 2. The van der Waals surface area contributed by atoms with Crippen LogP contribution in [-0.2, 0) is 7.05 Å². The maximum absolute atomic E-state index is 12.1. The van der Waals surface area contributed by atoms with Crippen molar-refractivity contribution in [3.05, 3.63) is 67.8 Å². The van der Waals surface area contributed by atoms with E-state index in [2.05, 4.69) is 4.98 Å². The predicted molar refractivity (Wildman–Crippen MR) is 85.6 cm³/mol. The number of rotatable bonds is 4. The molecule has 3 aromatic heterocycles. The summed E-state index contributed by atoms with van der Waals surface area (Å²) < 4.78 is 6.41.